The summed E-state index contributed by atoms with van der Waals surface area (Å²) in [6, 6.07) is 13.1. The second-order valence-electron chi connectivity index (χ2n) is 6.04. The lowest BCUT2D eigenvalue weighted by Gasteiger charge is -2.16. The number of primary sulfonamides is 1. The third-order valence-electron chi connectivity index (χ3n) is 4.25. The van der Waals surface area contributed by atoms with E-state index in [4.69, 9.17) is 5.14 Å². The first-order valence-corrected chi connectivity index (χ1v) is 10.6. The van der Waals surface area contributed by atoms with Gasteiger partial charge in [-0.15, -0.1) is 0 Å². The molecule has 4 rings (SSSR count). The number of nitrogens with zero attached hydrogens (tertiary/aromatic N) is 2. The van der Waals surface area contributed by atoms with Crippen LogP contribution in [0, 0.1) is 0 Å². The third-order valence-corrected chi connectivity index (χ3v) is 6.08. The van der Waals surface area contributed by atoms with Crippen molar-refractivity contribution in [3.05, 3.63) is 65.1 Å². The van der Waals surface area contributed by atoms with Crippen molar-refractivity contribution in [3.8, 4) is 0 Å². The highest BCUT2D eigenvalue weighted by Crippen LogP contribution is 2.35. The predicted molar refractivity (Wildman–Crippen MR) is 107 cm³/mol. The molecule has 0 unspecified atom stereocenters. The lowest BCUT2D eigenvalue weighted by atomic mass is 10.1. The lowest BCUT2D eigenvalue weighted by Crippen LogP contribution is -2.19. The summed E-state index contributed by atoms with van der Waals surface area (Å²) in [4.78, 5) is 18.9. The topological polar surface area (TPSA) is 105 Å². The summed E-state index contributed by atoms with van der Waals surface area (Å²) >= 11 is 1.62. The number of hydrogen-bond donors (Lipinski definition) is 2. The zero-order valence-corrected chi connectivity index (χ0v) is 15.8. The largest absolute Gasteiger partial charge is 0.322 e. The molecule has 0 saturated heterocycles. The van der Waals surface area contributed by atoms with Crippen LogP contribution in [-0.2, 0) is 10.0 Å². The number of nitrogens with one attached hydrogen (secondary N) is 1. The van der Waals surface area contributed by atoms with E-state index in [1.807, 2.05) is 24.3 Å². The first-order chi connectivity index (χ1) is 12.9. The number of rotatable bonds is 4. The summed E-state index contributed by atoms with van der Waals surface area (Å²) < 4.78 is 22.6. The number of carbonyl (C=O) groups is 1. The smallest absolute Gasteiger partial charge is 0.255 e. The molecule has 0 fully saturated rings. The van der Waals surface area contributed by atoms with E-state index in [-0.39, 0.29) is 10.8 Å². The number of amidine groups is 1. The molecule has 2 aromatic rings. The van der Waals surface area contributed by atoms with Gasteiger partial charge in [-0.3, -0.25) is 9.79 Å². The molecular formula is C18H16N4O3S2. The number of benzene rings is 2. The van der Waals surface area contributed by atoms with Crippen molar-refractivity contribution < 1.29 is 13.2 Å². The highest BCUT2D eigenvalue weighted by Gasteiger charge is 2.26. The third kappa shape index (κ3) is 3.61. The summed E-state index contributed by atoms with van der Waals surface area (Å²) in [5.74, 6) is -0.326. The zero-order valence-electron chi connectivity index (χ0n) is 14.1. The number of anilines is 1. The van der Waals surface area contributed by atoms with Gasteiger partial charge in [0.1, 0.15) is 0 Å². The minimum absolute atomic E-state index is 0.0315. The van der Waals surface area contributed by atoms with E-state index in [0.29, 0.717) is 11.3 Å². The zero-order chi connectivity index (χ0) is 19.0. The van der Waals surface area contributed by atoms with Gasteiger partial charge >= 0.3 is 0 Å². The predicted octanol–water partition coefficient (Wildman–Crippen LogP) is 2.30. The van der Waals surface area contributed by atoms with Crippen molar-refractivity contribution >= 4 is 44.2 Å². The van der Waals surface area contributed by atoms with Crippen molar-refractivity contribution in [2.45, 2.75) is 4.90 Å². The van der Waals surface area contributed by atoms with Gasteiger partial charge in [0, 0.05) is 23.2 Å². The van der Waals surface area contributed by atoms with Crippen molar-refractivity contribution in [2.24, 2.45) is 10.1 Å². The number of carbonyl (C=O) groups excluding carboxylic acids is 1. The van der Waals surface area contributed by atoms with Gasteiger partial charge in [0.05, 0.1) is 17.1 Å². The van der Waals surface area contributed by atoms with Crippen LogP contribution in [0.3, 0.4) is 0 Å². The molecule has 1 amide bonds. The van der Waals surface area contributed by atoms with Gasteiger partial charge in [0.25, 0.3) is 5.91 Å². The van der Waals surface area contributed by atoms with Crippen LogP contribution in [0.4, 0.5) is 5.69 Å². The number of sulfonamides is 1. The van der Waals surface area contributed by atoms with Gasteiger partial charge in [-0.1, -0.05) is 23.9 Å². The van der Waals surface area contributed by atoms with Crippen molar-refractivity contribution in [3.63, 3.8) is 0 Å². The van der Waals surface area contributed by atoms with Crippen LogP contribution in [0.15, 0.2) is 63.8 Å². The molecule has 7 nitrogen and oxygen atoms in total. The second-order valence-corrected chi connectivity index (χ2v) is 8.44. The Balaban J connectivity index is 1.45. The van der Waals surface area contributed by atoms with Crippen molar-refractivity contribution in [2.75, 3.05) is 18.4 Å². The highest BCUT2D eigenvalue weighted by atomic mass is 32.2. The summed E-state index contributed by atoms with van der Waals surface area (Å²) in [7, 11) is -3.77. The number of thioether (sulfide) groups is 1. The van der Waals surface area contributed by atoms with Crippen LogP contribution in [-0.4, -0.2) is 37.5 Å². The van der Waals surface area contributed by atoms with Gasteiger partial charge in [-0.05, 0) is 42.0 Å². The Kier molecular flexibility index (Phi) is 4.50. The normalized spacial score (nSPS) is 16.0. The van der Waals surface area contributed by atoms with E-state index >= 15 is 0 Å². The monoisotopic (exact) mass is 400 g/mol. The first-order valence-electron chi connectivity index (χ1n) is 8.15. The first kappa shape index (κ1) is 17.8. The number of nitrogens with two attached hydrogens (primary N) is 1. The average Bonchev–Trinajstić information content (AvgIpc) is 3.25. The van der Waals surface area contributed by atoms with E-state index in [0.717, 1.165) is 29.5 Å². The number of aliphatic imine (C=N–C) groups is 1. The van der Waals surface area contributed by atoms with Gasteiger partial charge in [0.2, 0.25) is 10.0 Å². The van der Waals surface area contributed by atoms with E-state index in [2.05, 4.69) is 20.6 Å². The number of amides is 1. The molecule has 27 heavy (non-hydrogen) atoms. The Morgan fingerprint density at radius 1 is 1.11 bits per heavy atom. The summed E-state index contributed by atoms with van der Waals surface area (Å²) in [5.41, 5.74) is 3.18. The molecule has 9 heteroatoms. The van der Waals surface area contributed by atoms with Gasteiger partial charge in [-0.25, -0.2) is 13.6 Å². The molecule has 3 N–H and O–H groups in total. The maximum Gasteiger partial charge on any atom is 0.255 e. The molecule has 138 valence electrons. The van der Waals surface area contributed by atoms with E-state index in [1.165, 1.54) is 24.3 Å². The number of fused-ring (bicyclic) bond motifs is 1. The van der Waals surface area contributed by atoms with Crippen LogP contribution >= 0.6 is 11.8 Å². The molecule has 0 spiro atoms. The van der Waals surface area contributed by atoms with Crippen LogP contribution < -0.4 is 10.5 Å². The molecule has 0 atom stereocenters. The van der Waals surface area contributed by atoms with Gasteiger partial charge in [0.15, 0.2) is 5.17 Å². The molecule has 0 bridgehead atoms. The van der Waals surface area contributed by atoms with E-state index in [9.17, 15) is 13.2 Å². The van der Waals surface area contributed by atoms with Gasteiger partial charge in [-0.2, -0.15) is 0 Å². The minimum Gasteiger partial charge on any atom is -0.322 e. The van der Waals surface area contributed by atoms with Crippen molar-refractivity contribution in [1.82, 2.24) is 4.90 Å². The summed E-state index contributed by atoms with van der Waals surface area (Å²) in [6.07, 6.45) is 0. The van der Waals surface area contributed by atoms with Crippen LogP contribution in [0.5, 0.6) is 0 Å². The van der Waals surface area contributed by atoms with E-state index < -0.39 is 10.0 Å². The fraction of sp³-hybridized carbons (Fsp3) is 0.111. The molecule has 0 aromatic heterocycles. The fourth-order valence-corrected chi connectivity index (χ4v) is 4.35. The summed E-state index contributed by atoms with van der Waals surface area (Å²) in [6.45, 7) is 1.71. The van der Waals surface area contributed by atoms with Crippen LogP contribution in [0.1, 0.15) is 15.9 Å². The lowest BCUT2D eigenvalue weighted by molar-refractivity contribution is 0.102. The standard InChI is InChI=1S/C18H16N4O3S2/c19-27(24,25)15-7-3-13(4-8-15)17(23)21-14-5-1-12(2-6-14)16-11-26-18-20-9-10-22(16)18/h1-8,11H,9-10H2,(H,21,23)(H2,19,24,25). The Morgan fingerprint density at radius 3 is 2.48 bits per heavy atom. The Bertz CT molecular complexity index is 1060. The quantitative estimate of drug-likeness (QED) is 0.819. The molecule has 2 aliphatic heterocycles. The average molecular weight is 400 g/mol. The fourth-order valence-electron chi connectivity index (χ4n) is 2.87. The molecular weight excluding hydrogens is 384 g/mol. The molecule has 2 aromatic carbocycles. The summed E-state index contributed by atoms with van der Waals surface area (Å²) in [5, 5.41) is 11.0. The molecule has 0 radical (unpaired) electrons. The Labute approximate surface area is 161 Å². The SMILES string of the molecule is NS(=O)(=O)c1ccc(C(=O)Nc2ccc(C3=CSC4=NCCN34)cc2)cc1. The van der Waals surface area contributed by atoms with E-state index in [1.54, 1.807) is 11.8 Å². The molecule has 2 heterocycles. The maximum absolute atomic E-state index is 12.3. The van der Waals surface area contributed by atoms with Crippen molar-refractivity contribution in [1.29, 1.82) is 0 Å². The molecule has 0 saturated carbocycles. The Morgan fingerprint density at radius 2 is 1.81 bits per heavy atom. The number of hydrogen-bond acceptors (Lipinski definition) is 6. The van der Waals surface area contributed by atoms with Crippen LogP contribution in [0.2, 0.25) is 0 Å². The second kappa shape index (κ2) is 6.84. The molecule has 2 aliphatic rings. The maximum atomic E-state index is 12.3. The van der Waals surface area contributed by atoms with Gasteiger partial charge < -0.3 is 10.2 Å². The molecule has 0 aliphatic carbocycles. The minimum atomic E-state index is -3.77. The van der Waals surface area contributed by atoms with Crippen LogP contribution in [0.25, 0.3) is 5.70 Å². The Hall–Kier alpha value is -2.62. The highest BCUT2D eigenvalue weighted by molar-refractivity contribution is 8.16.